The van der Waals surface area contributed by atoms with E-state index < -0.39 is 17.0 Å². The zero-order valence-corrected chi connectivity index (χ0v) is 19.0. The minimum atomic E-state index is -4.45. The van der Waals surface area contributed by atoms with Crippen molar-refractivity contribution in [2.45, 2.75) is 25.7 Å². The maximum absolute atomic E-state index is 13.6. The zero-order valence-electron chi connectivity index (χ0n) is 18.2. The predicted molar refractivity (Wildman–Crippen MR) is 124 cm³/mol. The van der Waals surface area contributed by atoms with Gasteiger partial charge in [-0.25, -0.2) is 4.98 Å². The van der Waals surface area contributed by atoms with E-state index in [0.29, 0.717) is 40.6 Å². The van der Waals surface area contributed by atoms with E-state index in [4.69, 9.17) is 9.84 Å². The molecule has 0 fully saturated rings. The summed E-state index contributed by atoms with van der Waals surface area (Å²) < 4.78 is 48.5. The summed E-state index contributed by atoms with van der Waals surface area (Å²) in [5, 5.41) is 12.6. The van der Waals surface area contributed by atoms with Crippen molar-refractivity contribution >= 4 is 28.3 Å². The highest BCUT2D eigenvalue weighted by Crippen LogP contribution is 2.43. The number of alkyl halides is 3. The Hall–Kier alpha value is -3.37. The summed E-state index contributed by atoms with van der Waals surface area (Å²) >= 11 is 0.679. The summed E-state index contributed by atoms with van der Waals surface area (Å²) in [4.78, 5) is 14.9. The number of aromatic nitrogens is 2. The molecule has 0 radical (unpaired) electrons. The number of nitrogens with zero attached hydrogens (tertiary/aromatic N) is 2. The van der Waals surface area contributed by atoms with E-state index in [2.05, 4.69) is 10.3 Å². The highest BCUT2D eigenvalue weighted by atomic mass is 32.1. The van der Waals surface area contributed by atoms with Gasteiger partial charge in [-0.2, -0.15) is 13.2 Å². The number of aliphatic carboxylic acids is 1. The highest BCUT2D eigenvalue weighted by Gasteiger charge is 2.36. The van der Waals surface area contributed by atoms with Gasteiger partial charge in [-0.1, -0.05) is 30.3 Å². The molecule has 178 valence electrons. The maximum atomic E-state index is 13.6. The molecule has 4 aromatic rings. The average molecular weight is 490 g/mol. The first-order valence-corrected chi connectivity index (χ1v) is 11.3. The van der Waals surface area contributed by atoms with Gasteiger partial charge in [-0.15, -0.1) is 11.3 Å². The molecule has 0 saturated heterocycles. The van der Waals surface area contributed by atoms with Crippen LogP contribution in [0, 0.1) is 0 Å². The van der Waals surface area contributed by atoms with Gasteiger partial charge in [-0.05, 0) is 23.8 Å². The number of carboxylic acids is 1. The van der Waals surface area contributed by atoms with E-state index in [1.807, 2.05) is 17.7 Å². The number of halogens is 3. The van der Waals surface area contributed by atoms with Gasteiger partial charge in [0.05, 0.1) is 12.6 Å². The molecule has 2 N–H and O–H groups in total. The molecule has 0 bridgehead atoms. The molecule has 0 aliphatic carbocycles. The topological polar surface area (TPSA) is 76.4 Å². The van der Waals surface area contributed by atoms with E-state index in [1.54, 1.807) is 42.6 Å². The molecular weight excluding hydrogens is 467 g/mol. The summed E-state index contributed by atoms with van der Waals surface area (Å²) in [6.45, 7) is 0.822. The second kappa shape index (κ2) is 9.86. The molecule has 10 heteroatoms. The molecule has 0 amide bonds. The molecule has 34 heavy (non-hydrogen) atoms. The molecule has 0 aliphatic rings. The molecule has 6 nitrogen and oxygen atoms in total. The standard InChI is InChI=1S/C24H22F3N3O3S/c1-30-17(12-28-8-7-21(31)32)9-16-10-18(13-29-23(16)30)33-14-19-11-20(15-5-3-2-4-6-15)22(34-19)24(25,26)27/h2-6,9-11,13,28H,7-8,12,14H2,1H3,(H,31,32). The fourth-order valence-electron chi connectivity index (χ4n) is 3.62. The van der Waals surface area contributed by atoms with Crippen LogP contribution in [0.3, 0.4) is 0 Å². The third kappa shape index (κ3) is 5.40. The van der Waals surface area contributed by atoms with Crippen molar-refractivity contribution in [3.63, 3.8) is 0 Å². The Labute approximate surface area is 197 Å². The fraction of sp³-hybridized carbons (Fsp3) is 0.250. The minimum absolute atomic E-state index is 0.00972. The van der Waals surface area contributed by atoms with Crippen LogP contribution in [0.5, 0.6) is 5.75 Å². The van der Waals surface area contributed by atoms with Crippen molar-refractivity contribution in [3.8, 4) is 16.9 Å². The minimum Gasteiger partial charge on any atom is -0.486 e. The van der Waals surface area contributed by atoms with Gasteiger partial charge < -0.3 is 19.7 Å². The quantitative estimate of drug-likeness (QED) is 0.305. The maximum Gasteiger partial charge on any atom is 0.426 e. The van der Waals surface area contributed by atoms with Gasteiger partial charge in [-0.3, -0.25) is 4.79 Å². The van der Waals surface area contributed by atoms with E-state index in [1.165, 1.54) is 6.07 Å². The van der Waals surface area contributed by atoms with Crippen molar-refractivity contribution in [2.75, 3.05) is 6.54 Å². The summed E-state index contributed by atoms with van der Waals surface area (Å²) in [7, 11) is 1.86. The fourth-order valence-corrected chi connectivity index (χ4v) is 4.58. The van der Waals surface area contributed by atoms with Crippen LogP contribution in [-0.4, -0.2) is 27.2 Å². The van der Waals surface area contributed by atoms with Crippen LogP contribution in [0.15, 0.2) is 54.7 Å². The monoisotopic (exact) mass is 489 g/mol. The van der Waals surface area contributed by atoms with Gasteiger partial charge in [0.2, 0.25) is 0 Å². The van der Waals surface area contributed by atoms with Gasteiger partial charge in [0, 0.05) is 41.7 Å². The van der Waals surface area contributed by atoms with Crippen LogP contribution < -0.4 is 10.1 Å². The first-order chi connectivity index (χ1) is 16.2. The second-order valence-corrected chi connectivity index (χ2v) is 8.84. The van der Waals surface area contributed by atoms with Gasteiger partial charge in [0.25, 0.3) is 0 Å². The largest absolute Gasteiger partial charge is 0.486 e. The molecule has 4 rings (SSSR count). The Morgan fingerprint density at radius 1 is 1.21 bits per heavy atom. The summed E-state index contributed by atoms with van der Waals surface area (Å²) in [5.74, 6) is -0.413. The first kappa shape index (κ1) is 23.8. The van der Waals surface area contributed by atoms with Crippen molar-refractivity contribution < 1.29 is 27.8 Å². The Morgan fingerprint density at radius 3 is 2.68 bits per heavy atom. The summed E-state index contributed by atoms with van der Waals surface area (Å²) in [6.07, 6.45) is -2.88. The number of hydrogen-bond acceptors (Lipinski definition) is 5. The molecule has 3 aromatic heterocycles. The van der Waals surface area contributed by atoms with Crippen LogP contribution in [0.2, 0.25) is 0 Å². The highest BCUT2D eigenvalue weighted by molar-refractivity contribution is 7.12. The predicted octanol–water partition coefficient (Wildman–Crippen LogP) is 5.46. The number of carboxylic acid groups (broad SMARTS) is 1. The molecule has 0 saturated carbocycles. The lowest BCUT2D eigenvalue weighted by Crippen LogP contribution is -2.19. The van der Waals surface area contributed by atoms with Crippen LogP contribution in [-0.2, 0) is 31.2 Å². The van der Waals surface area contributed by atoms with Crippen LogP contribution in [0.25, 0.3) is 22.2 Å². The number of aryl methyl sites for hydroxylation is 1. The van der Waals surface area contributed by atoms with E-state index in [0.717, 1.165) is 16.7 Å². The Kier molecular flexibility index (Phi) is 6.90. The van der Waals surface area contributed by atoms with Crippen molar-refractivity contribution in [1.82, 2.24) is 14.9 Å². The lowest BCUT2D eigenvalue weighted by molar-refractivity contribution is -0.137. The normalized spacial score (nSPS) is 11.8. The number of carbonyl (C=O) groups is 1. The average Bonchev–Trinajstić information content (AvgIpc) is 3.37. The molecule has 0 spiro atoms. The smallest absolute Gasteiger partial charge is 0.426 e. The number of ether oxygens (including phenoxy) is 1. The van der Waals surface area contributed by atoms with Gasteiger partial charge in [0.15, 0.2) is 0 Å². The molecule has 1 aromatic carbocycles. The second-order valence-electron chi connectivity index (χ2n) is 7.71. The number of thiophene rings is 1. The molecule has 0 unspecified atom stereocenters. The number of pyridine rings is 1. The number of hydrogen-bond donors (Lipinski definition) is 2. The van der Waals surface area contributed by atoms with E-state index in [-0.39, 0.29) is 18.6 Å². The van der Waals surface area contributed by atoms with Crippen molar-refractivity contribution in [1.29, 1.82) is 0 Å². The van der Waals surface area contributed by atoms with Gasteiger partial charge >= 0.3 is 12.1 Å². The molecular formula is C24H22F3N3O3S. The van der Waals surface area contributed by atoms with Crippen LogP contribution >= 0.6 is 11.3 Å². The summed E-state index contributed by atoms with van der Waals surface area (Å²) in [5.41, 5.74) is 2.30. The SMILES string of the molecule is Cn1c(CNCCC(=O)O)cc2cc(OCc3cc(-c4ccccc4)c(C(F)(F)F)s3)cnc21. The zero-order chi connectivity index (χ0) is 24.3. The van der Waals surface area contributed by atoms with Crippen LogP contribution in [0.4, 0.5) is 13.2 Å². The number of benzene rings is 1. The van der Waals surface area contributed by atoms with E-state index >= 15 is 0 Å². The lowest BCUT2D eigenvalue weighted by Gasteiger charge is -2.07. The Morgan fingerprint density at radius 2 is 1.97 bits per heavy atom. The Bertz CT molecular complexity index is 1300. The number of nitrogens with one attached hydrogen (secondary N) is 1. The first-order valence-electron chi connectivity index (χ1n) is 10.5. The summed E-state index contributed by atoms with van der Waals surface area (Å²) in [6, 6.07) is 13.7. The van der Waals surface area contributed by atoms with Gasteiger partial charge in [0.1, 0.15) is 22.9 Å². The molecule has 0 aliphatic heterocycles. The molecule has 3 heterocycles. The van der Waals surface area contributed by atoms with Crippen molar-refractivity contribution in [3.05, 3.63) is 70.2 Å². The Balaban J connectivity index is 1.49. The van der Waals surface area contributed by atoms with E-state index in [9.17, 15) is 18.0 Å². The third-order valence-electron chi connectivity index (χ3n) is 5.27. The number of rotatable bonds is 9. The molecule has 0 atom stereocenters. The van der Waals surface area contributed by atoms with Crippen molar-refractivity contribution in [2.24, 2.45) is 7.05 Å². The third-order valence-corrected chi connectivity index (χ3v) is 6.42. The lowest BCUT2D eigenvalue weighted by atomic mass is 10.1. The van der Waals surface area contributed by atoms with Crippen LogP contribution in [0.1, 0.15) is 21.9 Å². The number of fused-ring (bicyclic) bond motifs is 1.